The minimum atomic E-state index is -1.63. The number of carbonyl (C=O) groups excluding carboxylic acids is 1. The summed E-state index contributed by atoms with van der Waals surface area (Å²) in [6, 6.07) is 5.66. The maximum atomic E-state index is 13.0. The van der Waals surface area contributed by atoms with Gasteiger partial charge >= 0.3 is 0 Å². The third kappa shape index (κ3) is 2.59. The molecule has 0 fully saturated rings. The predicted octanol–water partition coefficient (Wildman–Crippen LogP) is 3.37. The van der Waals surface area contributed by atoms with Crippen LogP contribution in [0.5, 0.6) is 5.75 Å². The lowest BCUT2D eigenvalue weighted by Crippen LogP contribution is -2.14. The van der Waals surface area contributed by atoms with E-state index in [1.54, 1.807) is 6.92 Å². The fourth-order valence-corrected chi connectivity index (χ4v) is 1.64. The van der Waals surface area contributed by atoms with Crippen LogP contribution in [0.2, 0.25) is 0 Å². The van der Waals surface area contributed by atoms with E-state index in [2.05, 4.69) is 5.32 Å². The van der Waals surface area contributed by atoms with Gasteiger partial charge in [0.25, 0.3) is 5.91 Å². The van der Waals surface area contributed by atoms with Crippen molar-refractivity contribution < 1.29 is 23.1 Å². The number of hydrogen-bond acceptors (Lipinski definition) is 2. The van der Waals surface area contributed by atoms with E-state index in [4.69, 9.17) is 0 Å². The third-order valence-corrected chi connectivity index (χ3v) is 2.80. The van der Waals surface area contributed by atoms with Crippen molar-refractivity contribution in [3.63, 3.8) is 0 Å². The van der Waals surface area contributed by atoms with Crippen LogP contribution in [0.25, 0.3) is 0 Å². The molecule has 2 rings (SSSR count). The zero-order valence-electron chi connectivity index (χ0n) is 10.4. The molecular formula is C14H10F3NO2. The van der Waals surface area contributed by atoms with Crippen molar-refractivity contribution in [1.29, 1.82) is 0 Å². The van der Waals surface area contributed by atoms with E-state index >= 15 is 0 Å². The van der Waals surface area contributed by atoms with Gasteiger partial charge < -0.3 is 10.4 Å². The van der Waals surface area contributed by atoms with Crippen LogP contribution in [0.4, 0.5) is 18.9 Å². The highest BCUT2D eigenvalue weighted by atomic mass is 19.2. The lowest BCUT2D eigenvalue weighted by atomic mass is 10.1. The van der Waals surface area contributed by atoms with E-state index in [9.17, 15) is 23.1 Å². The van der Waals surface area contributed by atoms with Crippen LogP contribution in [-0.4, -0.2) is 11.0 Å². The Balaban J connectivity index is 2.31. The Morgan fingerprint density at radius 3 is 2.35 bits per heavy atom. The van der Waals surface area contributed by atoms with Gasteiger partial charge in [-0.05, 0) is 31.2 Å². The summed E-state index contributed by atoms with van der Waals surface area (Å²) in [5.41, 5.74) is 0.341. The van der Waals surface area contributed by atoms with E-state index in [-0.39, 0.29) is 11.3 Å². The summed E-state index contributed by atoms with van der Waals surface area (Å²) < 4.78 is 38.9. The number of anilines is 1. The van der Waals surface area contributed by atoms with Crippen molar-refractivity contribution in [2.24, 2.45) is 0 Å². The molecule has 0 saturated carbocycles. The summed E-state index contributed by atoms with van der Waals surface area (Å²) in [6.45, 7) is 1.57. The highest BCUT2D eigenvalue weighted by Crippen LogP contribution is 2.24. The number of halogens is 3. The summed E-state index contributed by atoms with van der Waals surface area (Å²) in [5.74, 6) is -5.35. The monoisotopic (exact) mass is 281 g/mol. The Hall–Kier alpha value is -2.50. The predicted molar refractivity (Wildman–Crippen MR) is 67.1 cm³/mol. The molecule has 20 heavy (non-hydrogen) atoms. The smallest absolute Gasteiger partial charge is 0.255 e. The zero-order valence-corrected chi connectivity index (χ0v) is 10.4. The molecule has 0 atom stereocenters. The molecule has 6 heteroatoms. The molecule has 0 saturated heterocycles. The Morgan fingerprint density at radius 2 is 1.75 bits per heavy atom. The van der Waals surface area contributed by atoms with E-state index < -0.39 is 23.4 Å². The summed E-state index contributed by atoms with van der Waals surface area (Å²) in [4.78, 5) is 11.8. The number of hydrogen-bond donors (Lipinski definition) is 2. The van der Waals surface area contributed by atoms with Gasteiger partial charge in [0, 0.05) is 16.8 Å². The minimum Gasteiger partial charge on any atom is -0.508 e. The lowest BCUT2D eigenvalue weighted by Gasteiger charge is -2.09. The molecule has 104 valence electrons. The van der Waals surface area contributed by atoms with E-state index in [1.165, 1.54) is 18.2 Å². The average Bonchev–Trinajstić information content (AvgIpc) is 2.40. The molecule has 0 spiro atoms. The van der Waals surface area contributed by atoms with Crippen molar-refractivity contribution >= 4 is 11.6 Å². The molecule has 0 aliphatic heterocycles. The molecule has 0 heterocycles. The molecule has 0 aliphatic rings. The summed E-state index contributed by atoms with van der Waals surface area (Å²) >= 11 is 0. The summed E-state index contributed by atoms with van der Waals surface area (Å²) in [6.07, 6.45) is 0. The third-order valence-electron chi connectivity index (χ3n) is 2.80. The minimum absolute atomic E-state index is 0.0285. The molecule has 0 aliphatic carbocycles. The number of aromatic hydroxyl groups is 1. The van der Waals surface area contributed by atoms with E-state index in [0.717, 1.165) is 0 Å². The Bertz CT molecular complexity index is 663. The highest BCUT2D eigenvalue weighted by Gasteiger charge is 2.16. The van der Waals surface area contributed by atoms with Gasteiger partial charge in [-0.3, -0.25) is 4.79 Å². The average molecular weight is 281 g/mol. The molecule has 0 aromatic heterocycles. The number of phenolic OH excluding ortho intramolecular Hbond substituents is 1. The van der Waals surface area contributed by atoms with Crippen molar-refractivity contribution in [3.8, 4) is 5.75 Å². The first-order valence-electron chi connectivity index (χ1n) is 5.64. The van der Waals surface area contributed by atoms with Crippen LogP contribution in [0.3, 0.4) is 0 Å². The maximum Gasteiger partial charge on any atom is 0.255 e. The lowest BCUT2D eigenvalue weighted by molar-refractivity contribution is 0.102. The Kier molecular flexibility index (Phi) is 3.65. The first kappa shape index (κ1) is 13.9. The van der Waals surface area contributed by atoms with Gasteiger partial charge in [0.1, 0.15) is 5.75 Å². The molecular weight excluding hydrogens is 271 g/mol. The van der Waals surface area contributed by atoms with Gasteiger partial charge in [0.15, 0.2) is 17.5 Å². The number of benzene rings is 2. The number of rotatable bonds is 2. The van der Waals surface area contributed by atoms with E-state index in [0.29, 0.717) is 23.4 Å². The van der Waals surface area contributed by atoms with Crippen LogP contribution in [0.15, 0.2) is 30.3 Å². The first-order chi connectivity index (χ1) is 9.40. The first-order valence-corrected chi connectivity index (χ1v) is 5.64. The quantitative estimate of drug-likeness (QED) is 0.829. The molecule has 2 aromatic rings. The fourth-order valence-electron chi connectivity index (χ4n) is 1.64. The van der Waals surface area contributed by atoms with Gasteiger partial charge in [-0.2, -0.15) is 0 Å². The van der Waals surface area contributed by atoms with Crippen LogP contribution in [0.1, 0.15) is 15.9 Å². The Labute approximate surface area is 112 Å². The largest absolute Gasteiger partial charge is 0.508 e. The van der Waals surface area contributed by atoms with Crippen LogP contribution < -0.4 is 5.32 Å². The number of phenols is 1. The highest BCUT2D eigenvalue weighted by molar-refractivity contribution is 6.04. The summed E-state index contributed by atoms with van der Waals surface area (Å²) in [5, 5.41) is 11.9. The normalized spacial score (nSPS) is 10.4. The van der Waals surface area contributed by atoms with Crippen molar-refractivity contribution in [1.82, 2.24) is 0 Å². The molecule has 0 bridgehead atoms. The standard InChI is InChI=1S/C14H10F3NO2/c1-7-11(3-2-4-12(7)19)18-14(20)8-5-9(15)13(17)10(16)6-8/h2-6,19H,1H3,(H,18,20). The number of amides is 1. The molecule has 0 unspecified atom stereocenters. The number of nitrogens with one attached hydrogen (secondary N) is 1. The second-order valence-electron chi connectivity index (χ2n) is 4.16. The summed E-state index contributed by atoms with van der Waals surface area (Å²) in [7, 11) is 0. The zero-order chi connectivity index (χ0) is 14.9. The molecule has 1 amide bonds. The second-order valence-corrected chi connectivity index (χ2v) is 4.16. The fraction of sp³-hybridized carbons (Fsp3) is 0.0714. The molecule has 2 aromatic carbocycles. The van der Waals surface area contributed by atoms with Crippen LogP contribution in [-0.2, 0) is 0 Å². The van der Waals surface area contributed by atoms with Crippen LogP contribution >= 0.6 is 0 Å². The van der Waals surface area contributed by atoms with Crippen molar-refractivity contribution in [3.05, 3.63) is 58.9 Å². The topological polar surface area (TPSA) is 49.3 Å². The maximum absolute atomic E-state index is 13.0. The van der Waals surface area contributed by atoms with Gasteiger partial charge in [-0.15, -0.1) is 0 Å². The van der Waals surface area contributed by atoms with Gasteiger partial charge in [-0.25, -0.2) is 13.2 Å². The van der Waals surface area contributed by atoms with Crippen molar-refractivity contribution in [2.45, 2.75) is 6.92 Å². The van der Waals surface area contributed by atoms with Crippen molar-refractivity contribution in [2.75, 3.05) is 5.32 Å². The van der Waals surface area contributed by atoms with Crippen LogP contribution in [0, 0.1) is 24.4 Å². The van der Waals surface area contributed by atoms with E-state index in [1.807, 2.05) is 0 Å². The van der Waals surface area contributed by atoms with Gasteiger partial charge in [0.2, 0.25) is 0 Å². The molecule has 2 N–H and O–H groups in total. The molecule has 3 nitrogen and oxygen atoms in total. The van der Waals surface area contributed by atoms with Gasteiger partial charge in [0.05, 0.1) is 0 Å². The second kappa shape index (κ2) is 5.24. The number of carbonyl (C=O) groups is 1. The Morgan fingerprint density at radius 1 is 1.15 bits per heavy atom. The SMILES string of the molecule is Cc1c(O)cccc1NC(=O)c1cc(F)c(F)c(F)c1. The van der Waals surface area contributed by atoms with Gasteiger partial charge in [-0.1, -0.05) is 6.07 Å². The molecule has 0 radical (unpaired) electrons.